The summed E-state index contributed by atoms with van der Waals surface area (Å²) >= 11 is 0. The number of nitrogens with zero attached hydrogens (tertiary/aromatic N) is 2. The Morgan fingerprint density at radius 3 is 2.27 bits per heavy atom. The molecule has 1 saturated heterocycles. The minimum Gasteiger partial charge on any atom is -0.379 e. The van der Waals surface area contributed by atoms with Gasteiger partial charge in [-0.05, 0) is 28.8 Å². The van der Waals surface area contributed by atoms with Crippen LogP contribution in [0.5, 0.6) is 0 Å². The smallest absolute Gasteiger partial charge is 0.226 e. The largest absolute Gasteiger partial charge is 0.379 e. The Balaban J connectivity index is 0.00000385. The van der Waals surface area contributed by atoms with Crippen molar-refractivity contribution in [1.82, 2.24) is 15.5 Å². The highest BCUT2D eigenvalue weighted by Gasteiger charge is 2.13. The van der Waals surface area contributed by atoms with E-state index in [1.54, 1.807) is 7.05 Å². The van der Waals surface area contributed by atoms with E-state index < -0.39 is 0 Å². The van der Waals surface area contributed by atoms with Gasteiger partial charge in [0.05, 0.1) is 13.2 Å². The normalized spacial score (nSPS) is 14.5. The van der Waals surface area contributed by atoms with Crippen LogP contribution in [0.2, 0.25) is 0 Å². The molecule has 7 nitrogen and oxygen atoms in total. The lowest BCUT2D eigenvalue weighted by Gasteiger charge is -2.27. The average Bonchev–Trinajstić information content (AvgIpc) is 2.81. The predicted molar refractivity (Wildman–Crippen MR) is 145 cm³/mol. The Morgan fingerprint density at radius 1 is 1.00 bits per heavy atom. The molecular formula is C25H36IN5O2. The van der Waals surface area contributed by atoms with Crippen molar-refractivity contribution in [1.29, 1.82) is 0 Å². The highest BCUT2D eigenvalue weighted by Crippen LogP contribution is 2.13. The fourth-order valence-corrected chi connectivity index (χ4v) is 3.46. The number of nitrogens with one attached hydrogen (secondary N) is 3. The maximum Gasteiger partial charge on any atom is 0.226 e. The van der Waals surface area contributed by atoms with Crippen LogP contribution in [0.3, 0.4) is 0 Å². The molecule has 180 valence electrons. The summed E-state index contributed by atoms with van der Waals surface area (Å²) in [6, 6.07) is 16.4. The van der Waals surface area contributed by atoms with Crippen molar-refractivity contribution in [2.75, 3.05) is 38.7 Å². The summed E-state index contributed by atoms with van der Waals surface area (Å²) in [6.45, 7) is 9.63. The van der Waals surface area contributed by atoms with Gasteiger partial charge in [0.25, 0.3) is 0 Å². The first-order valence-corrected chi connectivity index (χ1v) is 11.3. The number of guanidine groups is 1. The maximum atomic E-state index is 11.8. The molecule has 0 radical (unpaired) electrons. The molecule has 3 N–H and O–H groups in total. The highest BCUT2D eigenvalue weighted by molar-refractivity contribution is 14.0. The van der Waals surface area contributed by atoms with E-state index in [0.29, 0.717) is 13.1 Å². The Kier molecular flexibility index (Phi) is 11.6. The third-order valence-corrected chi connectivity index (χ3v) is 5.49. The number of benzene rings is 2. The van der Waals surface area contributed by atoms with E-state index in [9.17, 15) is 4.79 Å². The van der Waals surface area contributed by atoms with Crippen molar-refractivity contribution >= 4 is 41.5 Å². The van der Waals surface area contributed by atoms with Gasteiger partial charge in [-0.2, -0.15) is 0 Å². The van der Waals surface area contributed by atoms with Crippen LogP contribution < -0.4 is 16.0 Å². The second-order valence-electron chi connectivity index (χ2n) is 8.28. The van der Waals surface area contributed by atoms with Gasteiger partial charge in [-0.3, -0.25) is 14.7 Å². The molecule has 33 heavy (non-hydrogen) atoms. The molecule has 1 aliphatic rings. The molecule has 0 aliphatic carbocycles. The number of carbonyl (C=O) groups is 1. The van der Waals surface area contributed by atoms with Gasteiger partial charge in [0.1, 0.15) is 0 Å². The van der Waals surface area contributed by atoms with Gasteiger partial charge < -0.3 is 20.7 Å². The zero-order chi connectivity index (χ0) is 22.8. The van der Waals surface area contributed by atoms with E-state index in [4.69, 9.17) is 4.74 Å². The lowest BCUT2D eigenvalue weighted by molar-refractivity contribution is -0.118. The molecule has 0 spiro atoms. The zero-order valence-electron chi connectivity index (χ0n) is 19.8. The van der Waals surface area contributed by atoms with Gasteiger partial charge in [-0.15, -0.1) is 24.0 Å². The quantitative estimate of drug-likeness (QED) is 0.259. The standard InChI is InChI=1S/C25H35N5O2.HI/c1-19(2)24(31)29-23-10-8-20(9-11-23)16-27-25(26-3)28-17-21-6-4-5-7-22(21)18-30-12-14-32-15-13-30;/h4-11,19H,12-18H2,1-3H3,(H,29,31)(H2,26,27,28);1H. The maximum absolute atomic E-state index is 11.8. The third-order valence-electron chi connectivity index (χ3n) is 5.49. The zero-order valence-corrected chi connectivity index (χ0v) is 22.1. The van der Waals surface area contributed by atoms with Crippen molar-refractivity contribution in [2.45, 2.75) is 33.5 Å². The summed E-state index contributed by atoms with van der Waals surface area (Å²) < 4.78 is 5.46. The first kappa shape index (κ1) is 27.1. The first-order chi connectivity index (χ1) is 15.5. The summed E-state index contributed by atoms with van der Waals surface area (Å²) in [4.78, 5) is 18.6. The van der Waals surface area contributed by atoms with Crippen LogP contribution >= 0.6 is 24.0 Å². The van der Waals surface area contributed by atoms with Gasteiger partial charge in [0.15, 0.2) is 5.96 Å². The summed E-state index contributed by atoms with van der Waals surface area (Å²) in [7, 11) is 1.78. The number of rotatable bonds is 8. The van der Waals surface area contributed by atoms with Crippen LogP contribution in [0.1, 0.15) is 30.5 Å². The Hall–Kier alpha value is -2.17. The molecule has 0 atom stereocenters. The number of carbonyl (C=O) groups excluding carboxylic acids is 1. The molecule has 2 aromatic rings. The van der Waals surface area contributed by atoms with Crippen LogP contribution in [0.4, 0.5) is 5.69 Å². The van der Waals surface area contributed by atoms with Crippen molar-refractivity contribution in [2.24, 2.45) is 10.9 Å². The number of anilines is 1. The predicted octanol–water partition coefficient (Wildman–Crippen LogP) is 3.60. The van der Waals surface area contributed by atoms with Crippen molar-refractivity contribution in [3.63, 3.8) is 0 Å². The van der Waals surface area contributed by atoms with Gasteiger partial charge in [0, 0.05) is 51.4 Å². The number of amides is 1. The molecular weight excluding hydrogens is 529 g/mol. The van der Waals surface area contributed by atoms with Crippen molar-refractivity contribution in [3.05, 3.63) is 65.2 Å². The first-order valence-electron chi connectivity index (χ1n) is 11.3. The summed E-state index contributed by atoms with van der Waals surface area (Å²) in [5.74, 6) is 0.738. The van der Waals surface area contributed by atoms with Crippen LogP contribution in [-0.2, 0) is 29.2 Å². The monoisotopic (exact) mass is 565 g/mol. The molecule has 0 aromatic heterocycles. The SMILES string of the molecule is CN=C(NCc1ccc(NC(=O)C(C)C)cc1)NCc1ccccc1CN1CCOCC1.I. The second kappa shape index (κ2) is 14.2. The fourth-order valence-electron chi connectivity index (χ4n) is 3.46. The summed E-state index contributed by atoms with van der Waals surface area (Å²) in [5.41, 5.74) is 4.53. The molecule has 0 bridgehead atoms. The van der Waals surface area contributed by atoms with Gasteiger partial charge in [0.2, 0.25) is 5.91 Å². The number of hydrogen-bond acceptors (Lipinski definition) is 4. The molecule has 0 saturated carbocycles. The second-order valence-corrected chi connectivity index (χ2v) is 8.28. The molecule has 8 heteroatoms. The van der Waals surface area contributed by atoms with Gasteiger partial charge in [-0.25, -0.2) is 0 Å². The lowest BCUT2D eigenvalue weighted by Crippen LogP contribution is -2.37. The lowest BCUT2D eigenvalue weighted by atomic mass is 10.1. The Bertz CT molecular complexity index is 896. The molecule has 1 amide bonds. The van der Waals surface area contributed by atoms with E-state index in [0.717, 1.165) is 50.1 Å². The van der Waals surface area contributed by atoms with E-state index in [-0.39, 0.29) is 35.8 Å². The minimum absolute atomic E-state index is 0. The molecule has 0 unspecified atom stereocenters. The number of ether oxygens (including phenoxy) is 1. The third kappa shape index (κ3) is 8.94. The van der Waals surface area contributed by atoms with Gasteiger partial charge in [-0.1, -0.05) is 50.2 Å². The topological polar surface area (TPSA) is 78.0 Å². The molecule has 1 heterocycles. The number of halogens is 1. The van der Waals surface area contributed by atoms with Crippen LogP contribution in [0.15, 0.2) is 53.5 Å². The van der Waals surface area contributed by atoms with Crippen molar-refractivity contribution in [3.8, 4) is 0 Å². The average molecular weight is 566 g/mol. The Morgan fingerprint density at radius 2 is 1.64 bits per heavy atom. The summed E-state index contributed by atoms with van der Waals surface area (Å²) in [6.07, 6.45) is 0. The molecule has 1 aliphatic heterocycles. The number of aliphatic imine (C=N–C) groups is 1. The Labute approximate surface area is 214 Å². The fraction of sp³-hybridized carbons (Fsp3) is 0.440. The number of hydrogen-bond donors (Lipinski definition) is 3. The van der Waals surface area contributed by atoms with Crippen LogP contribution in [0.25, 0.3) is 0 Å². The van der Waals surface area contributed by atoms with Gasteiger partial charge >= 0.3 is 0 Å². The molecule has 2 aromatic carbocycles. The van der Waals surface area contributed by atoms with Crippen LogP contribution in [-0.4, -0.2) is 50.1 Å². The minimum atomic E-state index is -0.0373. The van der Waals surface area contributed by atoms with E-state index >= 15 is 0 Å². The van der Waals surface area contributed by atoms with Crippen molar-refractivity contribution < 1.29 is 9.53 Å². The molecule has 3 rings (SSSR count). The highest BCUT2D eigenvalue weighted by atomic mass is 127. The van der Waals surface area contributed by atoms with E-state index in [1.165, 1.54) is 11.1 Å². The number of morpholine rings is 1. The summed E-state index contributed by atoms with van der Waals surface area (Å²) in [5, 5.41) is 9.69. The van der Waals surface area contributed by atoms with Crippen LogP contribution in [0, 0.1) is 5.92 Å². The molecule has 1 fully saturated rings. The van der Waals surface area contributed by atoms with E-state index in [2.05, 4.69) is 50.1 Å². The van der Waals surface area contributed by atoms with E-state index in [1.807, 2.05) is 38.1 Å².